The van der Waals surface area contributed by atoms with E-state index in [0.717, 1.165) is 37.4 Å². The van der Waals surface area contributed by atoms with Gasteiger partial charge in [-0.2, -0.15) is 0 Å². The van der Waals surface area contributed by atoms with Crippen LogP contribution < -0.4 is 5.32 Å². The van der Waals surface area contributed by atoms with E-state index in [1.165, 1.54) is 5.56 Å². The van der Waals surface area contributed by atoms with Crippen LogP contribution in [-0.4, -0.2) is 21.1 Å². The zero-order chi connectivity index (χ0) is 12.8. The third-order valence-corrected chi connectivity index (χ3v) is 2.83. The summed E-state index contributed by atoms with van der Waals surface area (Å²) in [5, 5.41) is 3.31. The number of nitrogens with zero attached hydrogens (tertiary/aromatic N) is 3. The van der Waals surface area contributed by atoms with E-state index in [4.69, 9.17) is 0 Å². The normalized spacial score (nSPS) is 10.8. The van der Waals surface area contributed by atoms with E-state index < -0.39 is 0 Å². The Morgan fingerprint density at radius 3 is 2.94 bits per heavy atom. The molecule has 0 bridgehead atoms. The van der Waals surface area contributed by atoms with Gasteiger partial charge in [-0.15, -0.1) is 0 Å². The maximum atomic E-state index is 4.39. The van der Waals surface area contributed by atoms with Crippen LogP contribution in [0.2, 0.25) is 0 Å². The van der Waals surface area contributed by atoms with Gasteiger partial charge in [-0.05, 0) is 24.6 Å². The molecule has 0 aliphatic heterocycles. The van der Waals surface area contributed by atoms with E-state index >= 15 is 0 Å². The summed E-state index contributed by atoms with van der Waals surface area (Å²) in [6.07, 6.45) is 9.73. The number of rotatable bonds is 6. The van der Waals surface area contributed by atoms with Crippen LogP contribution in [0.5, 0.6) is 0 Å². The molecule has 0 saturated carbocycles. The van der Waals surface area contributed by atoms with Crippen molar-refractivity contribution in [3.63, 3.8) is 0 Å². The fourth-order valence-electron chi connectivity index (χ4n) is 1.95. The van der Waals surface area contributed by atoms with Crippen LogP contribution in [0, 0.1) is 0 Å². The second-order valence-corrected chi connectivity index (χ2v) is 4.30. The van der Waals surface area contributed by atoms with E-state index in [2.05, 4.69) is 39.8 Å². The summed E-state index contributed by atoms with van der Waals surface area (Å²) in [5.41, 5.74) is 2.29. The van der Waals surface area contributed by atoms with Crippen LogP contribution in [-0.2, 0) is 13.0 Å². The van der Waals surface area contributed by atoms with Gasteiger partial charge in [0.1, 0.15) is 5.82 Å². The van der Waals surface area contributed by atoms with Crippen LogP contribution >= 0.6 is 0 Å². The van der Waals surface area contributed by atoms with E-state index in [-0.39, 0.29) is 0 Å². The molecule has 1 N–H and O–H groups in total. The molecule has 0 unspecified atom stereocenters. The second kappa shape index (κ2) is 6.31. The van der Waals surface area contributed by atoms with Gasteiger partial charge in [-0.25, -0.2) is 4.98 Å². The molecule has 2 aromatic heterocycles. The highest BCUT2D eigenvalue weighted by molar-refractivity contribution is 5.33. The number of hydrogen-bond donors (Lipinski definition) is 1. The van der Waals surface area contributed by atoms with Gasteiger partial charge in [0, 0.05) is 31.6 Å². The Balaban J connectivity index is 2.24. The molecule has 2 aromatic rings. The van der Waals surface area contributed by atoms with Gasteiger partial charge < -0.3 is 9.88 Å². The molecule has 0 fully saturated rings. The fraction of sp³-hybridized carbons (Fsp3) is 0.429. The standard InChI is InChI=1S/C14H20N4/c1-3-5-14-17-6-7-18(14)13-8-12(9-15-4-2)10-16-11-13/h6-8,10-11,15H,3-5,9H2,1-2H3. The second-order valence-electron chi connectivity index (χ2n) is 4.30. The van der Waals surface area contributed by atoms with Gasteiger partial charge in [0.05, 0.1) is 11.9 Å². The van der Waals surface area contributed by atoms with Crippen molar-refractivity contribution in [2.45, 2.75) is 33.2 Å². The SMILES string of the molecule is CCCc1nccn1-c1cncc(CNCC)c1. The zero-order valence-corrected chi connectivity index (χ0v) is 11.1. The maximum absolute atomic E-state index is 4.39. The van der Waals surface area contributed by atoms with Crippen molar-refractivity contribution in [1.82, 2.24) is 19.9 Å². The minimum Gasteiger partial charge on any atom is -0.313 e. The van der Waals surface area contributed by atoms with Crippen molar-refractivity contribution < 1.29 is 0 Å². The summed E-state index contributed by atoms with van der Waals surface area (Å²) in [6.45, 7) is 6.09. The molecule has 0 amide bonds. The first-order valence-corrected chi connectivity index (χ1v) is 6.52. The highest BCUT2D eigenvalue weighted by atomic mass is 15.1. The lowest BCUT2D eigenvalue weighted by Crippen LogP contribution is -2.12. The monoisotopic (exact) mass is 244 g/mol. The van der Waals surface area contributed by atoms with Crippen molar-refractivity contribution in [3.8, 4) is 5.69 Å². The van der Waals surface area contributed by atoms with Gasteiger partial charge >= 0.3 is 0 Å². The van der Waals surface area contributed by atoms with Gasteiger partial charge in [0.2, 0.25) is 0 Å². The summed E-state index contributed by atoms with van der Waals surface area (Å²) >= 11 is 0. The Bertz CT molecular complexity index is 490. The molecule has 0 atom stereocenters. The minimum atomic E-state index is 0.856. The number of imidazole rings is 1. The van der Waals surface area contributed by atoms with Gasteiger partial charge in [0.25, 0.3) is 0 Å². The molecule has 2 heterocycles. The quantitative estimate of drug-likeness (QED) is 0.848. The van der Waals surface area contributed by atoms with Crippen LogP contribution in [0.1, 0.15) is 31.7 Å². The summed E-state index contributed by atoms with van der Waals surface area (Å²) in [6, 6.07) is 2.16. The molecule has 0 aliphatic rings. The summed E-state index contributed by atoms with van der Waals surface area (Å²) in [4.78, 5) is 8.70. The Kier molecular flexibility index (Phi) is 4.47. The number of pyridine rings is 1. The first-order chi connectivity index (χ1) is 8.85. The predicted octanol–water partition coefficient (Wildman–Crippen LogP) is 2.33. The Labute approximate surface area is 108 Å². The maximum Gasteiger partial charge on any atom is 0.113 e. The Hall–Kier alpha value is -1.68. The number of nitrogens with one attached hydrogen (secondary N) is 1. The average molecular weight is 244 g/mol. The lowest BCUT2D eigenvalue weighted by molar-refractivity contribution is 0.722. The summed E-state index contributed by atoms with van der Waals surface area (Å²) in [7, 11) is 0. The van der Waals surface area contributed by atoms with Crippen LogP contribution in [0.4, 0.5) is 0 Å². The molecule has 0 saturated heterocycles. The summed E-state index contributed by atoms with van der Waals surface area (Å²) < 4.78 is 2.12. The Morgan fingerprint density at radius 2 is 2.17 bits per heavy atom. The first-order valence-electron chi connectivity index (χ1n) is 6.52. The largest absolute Gasteiger partial charge is 0.313 e. The van der Waals surface area contributed by atoms with Crippen molar-refractivity contribution in [3.05, 3.63) is 42.2 Å². The van der Waals surface area contributed by atoms with E-state index in [1.54, 1.807) is 0 Å². The third-order valence-electron chi connectivity index (χ3n) is 2.83. The van der Waals surface area contributed by atoms with Crippen LogP contribution in [0.3, 0.4) is 0 Å². The topological polar surface area (TPSA) is 42.7 Å². The molecular formula is C14H20N4. The van der Waals surface area contributed by atoms with Crippen LogP contribution in [0.25, 0.3) is 5.69 Å². The van der Waals surface area contributed by atoms with E-state index in [1.807, 2.05) is 24.8 Å². The smallest absolute Gasteiger partial charge is 0.113 e. The molecule has 0 aliphatic carbocycles. The number of aromatic nitrogens is 3. The van der Waals surface area contributed by atoms with E-state index in [0.29, 0.717) is 0 Å². The molecular weight excluding hydrogens is 224 g/mol. The molecule has 2 rings (SSSR count). The average Bonchev–Trinajstić information content (AvgIpc) is 2.85. The molecule has 18 heavy (non-hydrogen) atoms. The molecule has 4 nitrogen and oxygen atoms in total. The molecule has 4 heteroatoms. The minimum absolute atomic E-state index is 0.856. The lowest BCUT2D eigenvalue weighted by Gasteiger charge is -2.09. The number of aryl methyl sites for hydroxylation is 1. The van der Waals surface area contributed by atoms with Crippen molar-refractivity contribution in [2.24, 2.45) is 0 Å². The zero-order valence-electron chi connectivity index (χ0n) is 11.1. The molecule has 96 valence electrons. The predicted molar refractivity (Wildman–Crippen MR) is 72.7 cm³/mol. The Morgan fingerprint density at radius 1 is 1.28 bits per heavy atom. The fourth-order valence-corrected chi connectivity index (χ4v) is 1.95. The molecule has 0 spiro atoms. The number of hydrogen-bond acceptors (Lipinski definition) is 3. The van der Waals surface area contributed by atoms with E-state index in [9.17, 15) is 0 Å². The van der Waals surface area contributed by atoms with Crippen molar-refractivity contribution in [2.75, 3.05) is 6.54 Å². The first kappa shape index (κ1) is 12.8. The lowest BCUT2D eigenvalue weighted by atomic mass is 10.2. The van der Waals surface area contributed by atoms with Crippen molar-refractivity contribution >= 4 is 0 Å². The third kappa shape index (κ3) is 2.96. The molecule has 0 aromatic carbocycles. The highest BCUT2D eigenvalue weighted by Gasteiger charge is 2.05. The van der Waals surface area contributed by atoms with Gasteiger partial charge in [-0.3, -0.25) is 4.98 Å². The van der Waals surface area contributed by atoms with Gasteiger partial charge in [-0.1, -0.05) is 13.8 Å². The van der Waals surface area contributed by atoms with Crippen molar-refractivity contribution in [1.29, 1.82) is 0 Å². The molecule has 0 radical (unpaired) electrons. The van der Waals surface area contributed by atoms with Crippen LogP contribution in [0.15, 0.2) is 30.9 Å². The summed E-state index contributed by atoms with van der Waals surface area (Å²) in [5.74, 6) is 1.10. The highest BCUT2D eigenvalue weighted by Crippen LogP contribution is 2.12. The van der Waals surface area contributed by atoms with Gasteiger partial charge in [0.15, 0.2) is 0 Å².